The standard InChI is InChI=1S/C20H21F3N2O5S2/c1-29-15-2-6-17(7-3-15)31-14-19(26)24-10-12-25(13-11-24)32(27,28)18-8-4-16(5-9-18)30-20(21,22)23/h2-9H,10-14H2,1H3. The fourth-order valence-corrected chi connectivity index (χ4v) is 5.27. The molecule has 0 atom stereocenters. The first-order chi connectivity index (χ1) is 15.1. The van der Waals surface area contributed by atoms with Gasteiger partial charge in [0.15, 0.2) is 0 Å². The predicted molar refractivity (Wildman–Crippen MR) is 112 cm³/mol. The number of hydrogen-bond acceptors (Lipinski definition) is 6. The van der Waals surface area contributed by atoms with Gasteiger partial charge in [0, 0.05) is 31.1 Å². The fourth-order valence-electron chi connectivity index (χ4n) is 3.05. The second kappa shape index (κ2) is 10.0. The van der Waals surface area contributed by atoms with Gasteiger partial charge in [-0.05, 0) is 48.5 Å². The lowest BCUT2D eigenvalue weighted by molar-refractivity contribution is -0.274. The van der Waals surface area contributed by atoms with Crippen LogP contribution < -0.4 is 9.47 Å². The van der Waals surface area contributed by atoms with Gasteiger partial charge in [0.25, 0.3) is 0 Å². The lowest BCUT2D eigenvalue weighted by Gasteiger charge is -2.34. The van der Waals surface area contributed by atoms with E-state index in [0.29, 0.717) is 0 Å². The van der Waals surface area contributed by atoms with E-state index >= 15 is 0 Å². The van der Waals surface area contributed by atoms with Crippen molar-refractivity contribution in [3.05, 3.63) is 48.5 Å². The van der Waals surface area contributed by atoms with Crippen LogP contribution >= 0.6 is 11.8 Å². The van der Waals surface area contributed by atoms with E-state index < -0.39 is 22.1 Å². The number of thioether (sulfide) groups is 1. The molecule has 2 aromatic carbocycles. The summed E-state index contributed by atoms with van der Waals surface area (Å²) >= 11 is 1.38. The molecule has 0 aliphatic carbocycles. The number of hydrogen-bond donors (Lipinski definition) is 0. The summed E-state index contributed by atoms with van der Waals surface area (Å²) in [7, 11) is -2.32. The van der Waals surface area contributed by atoms with Crippen molar-refractivity contribution >= 4 is 27.7 Å². The summed E-state index contributed by atoms with van der Waals surface area (Å²) in [6.07, 6.45) is -4.85. The van der Waals surface area contributed by atoms with Crippen LogP contribution in [0.1, 0.15) is 0 Å². The topological polar surface area (TPSA) is 76.2 Å². The summed E-state index contributed by atoms with van der Waals surface area (Å²) in [5, 5.41) is 0. The Balaban J connectivity index is 1.53. The fraction of sp³-hybridized carbons (Fsp3) is 0.350. The Morgan fingerprint density at radius 2 is 1.53 bits per heavy atom. The van der Waals surface area contributed by atoms with Crippen molar-refractivity contribution in [2.75, 3.05) is 39.0 Å². The molecule has 7 nitrogen and oxygen atoms in total. The molecular formula is C20H21F3N2O5S2. The van der Waals surface area contributed by atoms with Crippen LogP contribution in [-0.2, 0) is 14.8 Å². The number of carbonyl (C=O) groups is 1. The Bertz CT molecular complexity index is 1020. The maximum Gasteiger partial charge on any atom is 0.573 e. The highest BCUT2D eigenvalue weighted by Crippen LogP contribution is 2.26. The lowest BCUT2D eigenvalue weighted by atomic mass is 10.3. The number of nitrogens with zero attached hydrogens (tertiary/aromatic N) is 2. The Morgan fingerprint density at radius 3 is 2.06 bits per heavy atom. The minimum atomic E-state index is -4.85. The first-order valence-corrected chi connectivity index (χ1v) is 11.9. The van der Waals surface area contributed by atoms with Gasteiger partial charge < -0.3 is 14.4 Å². The summed E-state index contributed by atoms with van der Waals surface area (Å²) in [6, 6.07) is 11.4. The maximum absolute atomic E-state index is 12.8. The Labute approximate surface area is 188 Å². The molecule has 32 heavy (non-hydrogen) atoms. The Hall–Kier alpha value is -2.44. The van der Waals surface area contributed by atoms with Crippen molar-refractivity contribution in [3.63, 3.8) is 0 Å². The number of benzene rings is 2. The zero-order valence-corrected chi connectivity index (χ0v) is 18.7. The van der Waals surface area contributed by atoms with Crippen LogP contribution in [0.25, 0.3) is 0 Å². The molecule has 12 heteroatoms. The minimum absolute atomic E-state index is 0.0993. The number of amides is 1. The second-order valence-corrected chi connectivity index (χ2v) is 9.75. The summed E-state index contributed by atoms with van der Waals surface area (Å²) in [5.74, 6) is 0.345. The number of rotatable bonds is 7. The van der Waals surface area contributed by atoms with Gasteiger partial charge >= 0.3 is 6.36 Å². The van der Waals surface area contributed by atoms with E-state index in [1.54, 1.807) is 24.1 Å². The highest BCUT2D eigenvalue weighted by Gasteiger charge is 2.32. The Morgan fingerprint density at radius 1 is 0.969 bits per heavy atom. The molecule has 1 amide bonds. The quantitative estimate of drug-likeness (QED) is 0.555. The second-order valence-electron chi connectivity index (χ2n) is 6.77. The molecule has 1 fully saturated rings. The maximum atomic E-state index is 12.8. The number of alkyl halides is 3. The molecule has 3 rings (SSSR count). The zero-order chi connectivity index (χ0) is 23.4. The smallest absolute Gasteiger partial charge is 0.497 e. The normalized spacial score (nSPS) is 15.4. The molecule has 0 aromatic heterocycles. The molecule has 0 unspecified atom stereocenters. The summed E-state index contributed by atoms with van der Waals surface area (Å²) < 4.78 is 72.4. The molecule has 0 spiro atoms. The van der Waals surface area contributed by atoms with Gasteiger partial charge in [-0.2, -0.15) is 4.31 Å². The summed E-state index contributed by atoms with van der Waals surface area (Å²) in [5.41, 5.74) is 0. The number of halogens is 3. The van der Waals surface area contributed by atoms with E-state index in [2.05, 4.69) is 4.74 Å². The van der Waals surface area contributed by atoms with Gasteiger partial charge in [0.2, 0.25) is 15.9 Å². The van der Waals surface area contributed by atoms with Crippen LogP contribution in [-0.4, -0.2) is 68.9 Å². The Kier molecular flexibility index (Phi) is 7.57. The molecule has 0 N–H and O–H groups in total. The van der Waals surface area contributed by atoms with Crippen LogP contribution in [0, 0.1) is 0 Å². The van der Waals surface area contributed by atoms with Crippen molar-refractivity contribution in [2.24, 2.45) is 0 Å². The molecular weight excluding hydrogens is 469 g/mol. The van der Waals surface area contributed by atoms with Gasteiger partial charge in [-0.1, -0.05) is 0 Å². The lowest BCUT2D eigenvalue weighted by Crippen LogP contribution is -2.50. The number of sulfonamides is 1. The average Bonchev–Trinajstić information content (AvgIpc) is 2.77. The van der Waals surface area contributed by atoms with E-state index in [0.717, 1.165) is 34.9 Å². The van der Waals surface area contributed by atoms with Gasteiger partial charge in [-0.15, -0.1) is 24.9 Å². The third kappa shape index (κ3) is 6.30. The van der Waals surface area contributed by atoms with Crippen LogP contribution in [0.4, 0.5) is 13.2 Å². The van der Waals surface area contributed by atoms with E-state index in [9.17, 15) is 26.4 Å². The van der Waals surface area contributed by atoms with Crippen molar-refractivity contribution < 1.29 is 35.9 Å². The van der Waals surface area contributed by atoms with Crippen LogP contribution in [0.5, 0.6) is 11.5 Å². The molecule has 1 aliphatic rings. The molecule has 0 radical (unpaired) electrons. The summed E-state index contributed by atoms with van der Waals surface area (Å²) in [4.78, 5) is 14.9. The highest BCUT2D eigenvalue weighted by atomic mass is 32.2. The largest absolute Gasteiger partial charge is 0.573 e. The minimum Gasteiger partial charge on any atom is -0.497 e. The monoisotopic (exact) mass is 490 g/mol. The number of carbonyl (C=O) groups excluding carboxylic acids is 1. The molecule has 1 aliphatic heterocycles. The summed E-state index contributed by atoms with van der Waals surface area (Å²) in [6.45, 7) is 0.664. The van der Waals surface area contributed by atoms with E-state index in [1.807, 2.05) is 12.1 Å². The molecule has 2 aromatic rings. The first-order valence-electron chi connectivity index (χ1n) is 9.49. The average molecular weight is 491 g/mol. The predicted octanol–water partition coefficient (Wildman–Crippen LogP) is 3.22. The first kappa shape index (κ1) is 24.2. The van der Waals surface area contributed by atoms with E-state index in [-0.39, 0.29) is 42.7 Å². The third-order valence-electron chi connectivity index (χ3n) is 4.71. The van der Waals surface area contributed by atoms with Gasteiger partial charge in [-0.25, -0.2) is 8.42 Å². The number of ether oxygens (including phenoxy) is 2. The van der Waals surface area contributed by atoms with Gasteiger partial charge in [0.1, 0.15) is 11.5 Å². The van der Waals surface area contributed by atoms with Gasteiger partial charge in [0.05, 0.1) is 17.8 Å². The third-order valence-corrected chi connectivity index (χ3v) is 7.62. The van der Waals surface area contributed by atoms with Crippen molar-refractivity contribution in [2.45, 2.75) is 16.2 Å². The van der Waals surface area contributed by atoms with E-state index in [4.69, 9.17) is 4.74 Å². The van der Waals surface area contributed by atoms with Crippen LogP contribution in [0.15, 0.2) is 58.3 Å². The van der Waals surface area contributed by atoms with Crippen LogP contribution in [0.2, 0.25) is 0 Å². The van der Waals surface area contributed by atoms with Gasteiger partial charge in [-0.3, -0.25) is 4.79 Å². The molecule has 1 heterocycles. The highest BCUT2D eigenvalue weighted by molar-refractivity contribution is 8.00. The van der Waals surface area contributed by atoms with E-state index in [1.165, 1.54) is 16.1 Å². The molecule has 0 bridgehead atoms. The van der Waals surface area contributed by atoms with Crippen molar-refractivity contribution in [1.82, 2.24) is 9.21 Å². The molecule has 1 saturated heterocycles. The van der Waals surface area contributed by atoms with Crippen molar-refractivity contribution in [3.8, 4) is 11.5 Å². The molecule has 0 saturated carbocycles. The van der Waals surface area contributed by atoms with Crippen LogP contribution in [0.3, 0.4) is 0 Å². The SMILES string of the molecule is COc1ccc(SCC(=O)N2CCN(S(=O)(=O)c3ccc(OC(F)(F)F)cc3)CC2)cc1. The number of piperazine rings is 1. The molecule has 174 valence electrons. The van der Waals surface area contributed by atoms with Crippen molar-refractivity contribution in [1.29, 1.82) is 0 Å². The zero-order valence-electron chi connectivity index (χ0n) is 17.0. The number of methoxy groups -OCH3 is 1.